The van der Waals surface area contributed by atoms with Gasteiger partial charge in [-0.2, -0.15) is 0 Å². The van der Waals surface area contributed by atoms with Crippen molar-refractivity contribution < 1.29 is 4.74 Å². The number of rotatable bonds is 6. The van der Waals surface area contributed by atoms with E-state index in [9.17, 15) is 0 Å². The molecule has 0 saturated carbocycles. The number of ether oxygens (including phenoxy) is 1. The molecule has 0 spiro atoms. The second kappa shape index (κ2) is 9.01. The van der Waals surface area contributed by atoms with Crippen molar-refractivity contribution in [1.82, 2.24) is 19.9 Å². The number of hydrogen-bond acceptors (Lipinski definition) is 6. The van der Waals surface area contributed by atoms with Gasteiger partial charge in [0.25, 0.3) is 0 Å². The Kier molecular flexibility index (Phi) is 6.00. The van der Waals surface area contributed by atoms with E-state index in [1.54, 1.807) is 25.7 Å². The van der Waals surface area contributed by atoms with Crippen LogP contribution in [0.1, 0.15) is 35.6 Å². The van der Waals surface area contributed by atoms with Crippen molar-refractivity contribution in [3.63, 3.8) is 0 Å². The fourth-order valence-corrected chi connectivity index (χ4v) is 3.91. The number of benzene rings is 1. The minimum Gasteiger partial charge on any atom is -0.496 e. The predicted molar refractivity (Wildman–Crippen MR) is 115 cm³/mol. The van der Waals surface area contributed by atoms with E-state index in [-0.39, 0.29) is 0 Å². The van der Waals surface area contributed by atoms with Crippen LogP contribution >= 0.6 is 0 Å². The molecule has 1 fully saturated rings. The average molecular weight is 390 g/mol. The van der Waals surface area contributed by atoms with Gasteiger partial charge in [-0.15, -0.1) is 0 Å². The molecular weight excluding hydrogens is 362 g/mol. The van der Waals surface area contributed by atoms with E-state index < -0.39 is 0 Å². The second-order valence-corrected chi connectivity index (χ2v) is 7.55. The van der Waals surface area contributed by atoms with Crippen LogP contribution in [0, 0.1) is 6.92 Å². The maximum atomic E-state index is 5.59. The molecule has 6 nitrogen and oxygen atoms in total. The number of anilines is 2. The summed E-state index contributed by atoms with van der Waals surface area (Å²) in [6.07, 6.45) is 7.36. The third-order valence-electron chi connectivity index (χ3n) is 5.35. The number of piperidine rings is 1. The highest BCUT2D eigenvalue weighted by Gasteiger charge is 2.23. The van der Waals surface area contributed by atoms with Crippen molar-refractivity contribution in [2.45, 2.75) is 32.2 Å². The molecular formula is C23H27N5O. The highest BCUT2D eigenvalue weighted by molar-refractivity contribution is 5.50. The minimum atomic E-state index is 0.420. The molecule has 2 aromatic heterocycles. The first-order chi connectivity index (χ1) is 14.2. The fourth-order valence-electron chi connectivity index (χ4n) is 3.91. The smallest absolute Gasteiger partial charge is 0.150 e. The van der Waals surface area contributed by atoms with E-state index in [4.69, 9.17) is 9.72 Å². The lowest BCUT2D eigenvalue weighted by atomic mass is 9.94. The average Bonchev–Trinajstić information content (AvgIpc) is 2.76. The van der Waals surface area contributed by atoms with Crippen molar-refractivity contribution in [2.24, 2.45) is 0 Å². The molecule has 1 unspecified atom stereocenters. The molecule has 3 aromatic rings. The van der Waals surface area contributed by atoms with Gasteiger partial charge in [0.05, 0.1) is 13.3 Å². The van der Waals surface area contributed by atoms with Crippen molar-refractivity contribution >= 4 is 11.6 Å². The Morgan fingerprint density at radius 3 is 2.93 bits per heavy atom. The SMILES string of the molecule is COc1cc(C)ccc1CN1CCCC(c2cccc(Nc3cnccn3)n2)C1. The largest absolute Gasteiger partial charge is 0.496 e. The van der Waals surface area contributed by atoms with E-state index in [0.717, 1.165) is 43.3 Å². The van der Waals surface area contributed by atoms with E-state index in [0.29, 0.717) is 11.7 Å². The molecule has 29 heavy (non-hydrogen) atoms. The summed E-state index contributed by atoms with van der Waals surface area (Å²) >= 11 is 0. The Morgan fingerprint density at radius 1 is 1.17 bits per heavy atom. The number of aryl methyl sites for hydroxylation is 1. The number of hydrogen-bond donors (Lipinski definition) is 1. The Hall–Kier alpha value is -2.99. The molecule has 0 bridgehead atoms. The summed E-state index contributed by atoms with van der Waals surface area (Å²) in [5, 5.41) is 3.24. The van der Waals surface area contributed by atoms with Gasteiger partial charge in [0, 0.05) is 42.7 Å². The summed E-state index contributed by atoms with van der Waals surface area (Å²) in [4.78, 5) is 15.7. The molecule has 0 aliphatic carbocycles. The van der Waals surface area contributed by atoms with Gasteiger partial charge in [-0.3, -0.25) is 9.88 Å². The molecule has 1 aromatic carbocycles. The first-order valence-electron chi connectivity index (χ1n) is 10.1. The second-order valence-electron chi connectivity index (χ2n) is 7.55. The molecule has 150 valence electrons. The van der Waals surface area contributed by atoms with Crippen molar-refractivity contribution in [3.05, 3.63) is 71.8 Å². The fraction of sp³-hybridized carbons (Fsp3) is 0.348. The van der Waals surface area contributed by atoms with Gasteiger partial charge < -0.3 is 10.1 Å². The van der Waals surface area contributed by atoms with Gasteiger partial charge in [-0.1, -0.05) is 18.2 Å². The molecule has 0 amide bonds. The molecule has 0 radical (unpaired) electrons. The van der Waals surface area contributed by atoms with E-state index in [2.05, 4.69) is 57.4 Å². The standard InChI is InChI=1S/C23H27N5O/c1-17-8-9-19(21(13-17)29-2)16-28-12-4-5-18(15-28)20-6-3-7-22(26-20)27-23-14-24-10-11-25-23/h3,6-11,13-14,18H,4-5,12,15-16H2,1-2H3,(H,25,26,27). The molecule has 1 aliphatic heterocycles. The van der Waals surface area contributed by atoms with Gasteiger partial charge >= 0.3 is 0 Å². The van der Waals surface area contributed by atoms with Crippen molar-refractivity contribution in [1.29, 1.82) is 0 Å². The molecule has 1 atom stereocenters. The van der Waals surface area contributed by atoms with Gasteiger partial charge in [-0.05, 0) is 50.1 Å². The Labute approximate surface area is 172 Å². The summed E-state index contributed by atoms with van der Waals surface area (Å²) in [5.41, 5.74) is 3.59. The molecule has 6 heteroatoms. The van der Waals surface area contributed by atoms with E-state index in [1.165, 1.54) is 17.5 Å². The number of nitrogens with zero attached hydrogens (tertiary/aromatic N) is 4. The highest BCUT2D eigenvalue weighted by Crippen LogP contribution is 2.29. The summed E-state index contributed by atoms with van der Waals surface area (Å²) in [6.45, 7) is 5.10. The summed E-state index contributed by atoms with van der Waals surface area (Å²) in [5.74, 6) is 2.90. The van der Waals surface area contributed by atoms with Crippen molar-refractivity contribution in [2.75, 3.05) is 25.5 Å². The summed E-state index contributed by atoms with van der Waals surface area (Å²) in [6, 6.07) is 12.6. The van der Waals surface area contributed by atoms with Crippen LogP contribution < -0.4 is 10.1 Å². The lowest BCUT2D eigenvalue weighted by Gasteiger charge is -2.33. The zero-order valence-electron chi connectivity index (χ0n) is 17.0. The normalized spacial score (nSPS) is 17.1. The van der Waals surface area contributed by atoms with Crippen molar-refractivity contribution in [3.8, 4) is 5.75 Å². The first kappa shape index (κ1) is 19.3. The molecule has 1 aliphatic rings. The Bertz CT molecular complexity index is 947. The number of methoxy groups -OCH3 is 1. The lowest BCUT2D eigenvalue weighted by molar-refractivity contribution is 0.196. The summed E-state index contributed by atoms with van der Waals surface area (Å²) < 4.78 is 5.59. The number of pyridine rings is 1. The van der Waals surface area contributed by atoms with Crippen LogP contribution in [0.4, 0.5) is 11.6 Å². The summed E-state index contributed by atoms with van der Waals surface area (Å²) in [7, 11) is 1.75. The third-order valence-corrected chi connectivity index (χ3v) is 5.35. The zero-order chi connectivity index (χ0) is 20.1. The van der Waals surface area contributed by atoms with Crippen LogP contribution in [-0.4, -0.2) is 40.1 Å². The van der Waals surface area contributed by atoms with Crippen LogP contribution in [0.25, 0.3) is 0 Å². The first-order valence-corrected chi connectivity index (χ1v) is 10.1. The Balaban J connectivity index is 1.45. The third kappa shape index (κ3) is 4.90. The van der Waals surface area contributed by atoms with Gasteiger partial charge in [0.2, 0.25) is 0 Å². The van der Waals surface area contributed by atoms with Gasteiger partial charge in [-0.25, -0.2) is 9.97 Å². The highest BCUT2D eigenvalue weighted by atomic mass is 16.5. The van der Waals surface area contributed by atoms with Gasteiger partial charge in [0.15, 0.2) is 0 Å². The number of likely N-dealkylation sites (tertiary alicyclic amines) is 1. The van der Waals surface area contributed by atoms with Gasteiger partial charge in [0.1, 0.15) is 17.4 Å². The number of aromatic nitrogens is 3. The minimum absolute atomic E-state index is 0.420. The zero-order valence-corrected chi connectivity index (χ0v) is 17.0. The van der Waals surface area contributed by atoms with Crippen LogP contribution in [0.2, 0.25) is 0 Å². The van der Waals surface area contributed by atoms with Crippen LogP contribution in [-0.2, 0) is 6.54 Å². The maximum absolute atomic E-state index is 5.59. The monoisotopic (exact) mass is 389 g/mol. The Morgan fingerprint density at radius 2 is 2.10 bits per heavy atom. The van der Waals surface area contributed by atoms with Crippen LogP contribution in [0.3, 0.4) is 0 Å². The number of nitrogens with one attached hydrogen (secondary N) is 1. The lowest BCUT2D eigenvalue weighted by Crippen LogP contribution is -2.34. The molecule has 4 rings (SSSR count). The van der Waals surface area contributed by atoms with E-state index >= 15 is 0 Å². The maximum Gasteiger partial charge on any atom is 0.150 e. The topological polar surface area (TPSA) is 63.2 Å². The quantitative estimate of drug-likeness (QED) is 0.678. The molecule has 1 saturated heterocycles. The van der Waals surface area contributed by atoms with E-state index in [1.807, 2.05) is 6.07 Å². The predicted octanol–water partition coefficient (Wildman–Crippen LogP) is 4.31. The molecule has 1 N–H and O–H groups in total. The van der Waals surface area contributed by atoms with Crippen LogP contribution in [0.15, 0.2) is 55.0 Å². The molecule has 3 heterocycles. The van der Waals surface area contributed by atoms with Crippen LogP contribution in [0.5, 0.6) is 5.75 Å².